The van der Waals surface area contributed by atoms with Crippen LogP contribution in [0.4, 0.5) is 5.95 Å². The fraction of sp³-hybridized carbons (Fsp3) is 0.440. The van der Waals surface area contributed by atoms with Crippen molar-refractivity contribution in [2.24, 2.45) is 7.05 Å². The predicted octanol–water partition coefficient (Wildman–Crippen LogP) is 3.69. The Balaban J connectivity index is 1.42. The van der Waals surface area contributed by atoms with Crippen molar-refractivity contribution in [3.8, 4) is 11.3 Å². The number of hydrogen-bond acceptors (Lipinski definition) is 5. The lowest BCUT2D eigenvalue weighted by atomic mass is 10.0. The lowest BCUT2D eigenvalue weighted by Crippen LogP contribution is -2.32. The second-order valence-corrected chi connectivity index (χ2v) is 8.95. The molecule has 2 aliphatic heterocycles. The molecule has 166 valence electrons. The van der Waals surface area contributed by atoms with Crippen LogP contribution in [-0.4, -0.2) is 50.2 Å². The number of amides is 1. The molecule has 0 spiro atoms. The molecule has 2 aromatic heterocycles. The molecule has 0 aliphatic carbocycles. The van der Waals surface area contributed by atoms with E-state index >= 15 is 0 Å². The van der Waals surface area contributed by atoms with Crippen LogP contribution in [0.5, 0.6) is 0 Å². The summed E-state index contributed by atoms with van der Waals surface area (Å²) < 4.78 is 1.84. The van der Waals surface area contributed by atoms with E-state index < -0.39 is 0 Å². The normalized spacial score (nSPS) is 18.5. The van der Waals surface area contributed by atoms with E-state index in [0.717, 1.165) is 60.9 Å². The van der Waals surface area contributed by atoms with Crippen LogP contribution in [0.3, 0.4) is 0 Å². The average Bonchev–Trinajstić information content (AvgIpc) is 3.54. The molecule has 5 rings (SSSR count). The summed E-state index contributed by atoms with van der Waals surface area (Å²) in [5, 5.41) is 4.80. The molecule has 3 aromatic rings. The molecule has 1 atom stereocenters. The molecule has 0 saturated carbocycles. The Morgan fingerprint density at radius 1 is 1.12 bits per heavy atom. The predicted molar refractivity (Wildman–Crippen MR) is 124 cm³/mol. The molecule has 7 heteroatoms. The van der Waals surface area contributed by atoms with Gasteiger partial charge in [0.1, 0.15) is 0 Å². The Bertz CT molecular complexity index is 1120. The SMILES string of the molecule is Cc1cccc(CC(=O)N2CCC[C@@H]2c2nn(C)cc2-c2ccnc(N3CCCC3)n2)c1. The van der Waals surface area contributed by atoms with Gasteiger partial charge in [-0.2, -0.15) is 5.10 Å². The first-order valence-corrected chi connectivity index (χ1v) is 11.6. The van der Waals surface area contributed by atoms with Crippen LogP contribution >= 0.6 is 0 Å². The summed E-state index contributed by atoms with van der Waals surface area (Å²) in [6.07, 6.45) is 8.57. The van der Waals surface area contributed by atoms with Gasteiger partial charge in [0.15, 0.2) is 0 Å². The number of aromatic nitrogens is 4. The van der Waals surface area contributed by atoms with Gasteiger partial charge in [0, 0.05) is 44.6 Å². The molecular weight excluding hydrogens is 400 g/mol. The third-order valence-electron chi connectivity index (χ3n) is 6.49. The second kappa shape index (κ2) is 8.73. The molecule has 32 heavy (non-hydrogen) atoms. The highest BCUT2D eigenvalue weighted by molar-refractivity contribution is 5.80. The first kappa shape index (κ1) is 20.7. The van der Waals surface area contributed by atoms with Crippen molar-refractivity contribution < 1.29 is 4.79 Å². The van der Waals surface area contributed by atoms with Crippen molar-refractivity contribution in [1.29, 1.82) is 0 Å². The first-order valence-electron chi connectivity index (χ1n) is 11.6. The van der Waals surface area contributed by atoms with E-state index in [-0.39, 0.29) is 11.9 Å². The van der Waals surface area contributed by atoms with Crippen LogP contribution in [0.2, 0.25) is 0 Å². The minimum atomic E-state index is -0.0197. The number of likely N-dealkylation sites (tertiary alicyclic amines) is 1. The number of aryl methyl sites for hydroxylation is 2. The molecule has 0 radical (unpaired) electrons. The van der Waals surface area contributed by atoms with Gasteiger partial charge in [0.25, 0.3) is 0 Å². The summed E-state index contributed by atoms with van der Waals surface area (Å²) in [6.45, 7) is 4.85. The number of anilines is 1. The van der Waals surface area contributed by atoms with Gasteiger partial charge in [0.05, 0.1) is 23.9 Å². The maximum absolute atomic E-state index is 13.3. The molecule has 2 saturated heterocycles. The van der Waals surface area contributed by atoms with E-state index in [1.807, 2.05) is 47.2 Å². The summed E-state index contributed by atoms with van der Waals surface area (Å²) in [6, 6.07) is 10.1. The largest absolute Gasteiger partial charge is 0.341 e. The van der Waals surface area contributed by atoms with Crippen LogP contribution in [0.1, 0.15) is 48.5 Å². The van der Waals surface area contributed by atoms with Gasteiger partial charge in [-0.3, -0.25) is 9.48 Å². The van der Waals surface area contributed by atoms with Crippen LogP contribution in [0.15, 0.2) is 42.7 Å². The zero-order chi connectivity index (χ0) is 22.1. The van der Waals surface area contributed by atoms with Gasteiger partial charge >= 0.3 is 0 Å². The number of carbonyl (C=O) groups excluding carboxylic acids is 1. The molecular formula is C25H30N6O. The van der Waals surface area contributed by atoms with Crippen LogP contribution in [0, 0.1) is 6.92 Å². The van der Waals surface area contributed by atoms with E-state index in [1.54, 1.807) is 0 Å². The minimum Gasteiger partial charge on any atom is -0.341 e. The van der Waals surface area contributed by atoms with Crippen molar-refractivity contribution in [3.63, 3.8) is 0 Å². The Kier molecular flexibility index (Phi) is 5.64. The first-order chi connectivity index (χ1) is 15.6. The van der Waals surface area contributed by atoms with Crippen molar-refractivity contribution in [3.05, 3.63) is 59.5 Å². The van der Waals surface area contributed by atoms with E-state index in [0.29, 0.717) is 6.42 Å². The lowest BCUT2D eigenvalue weighted by Gasteiger charge is -2.24. The van der Waals surface area contributed by atoms with E-state index in [1.165, 1.54) is 18.4 Å². The standard InChI is InChI=1S/C25H30N6O/c1-18-7-5-8-19(15-18)16-23(32)31-14-6-9-22(31)24-20(17-29(2)28-24)21-10-11-26-25(27-21)30-12-3-4-13-30/h5,7-8,10-11,15,17,22H,3-4,6,9,12-14,16H2,1-2H3/t22-/m1/s1. The maximum atomic E-state index is 13.3. The summed E-state index contributed by atoms with van der Waals surface area (Å²) in [7, 11) is 1.93. The number of rotatable bonds is 5. The molecule has 0 unspecified atom stereocenters. The van der Waals surface area contributed by atoms with Gasteiger partial charge in [0.2, 0.25) is 11.9 Å². The van der Waals surface area contributed by atoms with Gasteiger partial charge in [-0.15, -0.1) is 0 Å². The molecule has 1 amide bonds. The third kappa shape index (κ3) is 4.11. The van der Waals surface area contributed by atoms with Crippen molar-refractivity contribution >= 4 is 11.9 Å². The fourth-order valence-corrected chi connectivity index (χ4v) is 4.96. The lowest BCUT2D eigenvalue weighted by molar-refractivity contribution is -0.131. The van der Waals surface area contributed by atoms with E-state index in [4.69, 9.17) is 10.1 Å². The topological polar surface area (TPSA) is 67.2 Å². The highest BCUT2D eigenvalue weighted by Gasteiger charge is 2.34. The van der Waals surface area contributed by atoms with Crippen molar-refractivity contribution in [2.45, 2.75) is 45.1 Å². The van der Waals surface area contributed by atoms with E-state index in [2.05, 4.69) is 28.9 Å². The molecule has 1 aromatic carbocycles. The smallest absolute Gasteiger partial charge is 0.227 e. The summed E-state index contributed by atoms with van der Waals surface area (Å²) in [5.41, 5.74) is 5.05. The summed E-state index contributed by atoms with van der Waals surface area (Å²) >= 11 is 0. The molecule has 2 fully saturated rings. The fourth-order valence-electron chi connectivity index (χ4n) is 4.96. The summed E-state index contributed by atoms with van der Waals surface area (Å²) in [4.78, 5) is 26.9. The van der Waals surface area contributed by atoms with Crippen LogP contribution in [-0.2, 0) is 18.3 Å². The molecule has 0 N–H and O–H groups in total. The number of hydrogen-bond donors (Lipinski definition) is 0. The zero-order valence-corrected chi connectivity index (χ0v) is 18.9. The van der Waals surface area contributed by atoms with Gasteiger partial charge in [-0.25, -0.2) is 9.97 Å². The van der Waals surface area contributed by atoms with Crippen LogP contribution in [0.25, 0.3) is 11.3 Å². The molecule has 2 aliphatic rings. The highest BCUT2D eigenvalue weighted by Crippen LogP contribution is 2.37. The zero-order valence-electron chi connectivity index (χ0n) is 18.9. The summed E-state index contributed by atoms with van der Waals surface area (Å²) in [5.74, 6) is 0.948. The number of benzene rings is 1. The quantitative estimate of drug-likeness (QED) is 0.618. The van der Waals surface area contributed by atoms with E-state index in [9.17, 15) is 4.79 Å². The van der Waals surface area contributed by atoms with Gasteiger partial charge < -0.3 is 9.80 Å². The van der Waals surface area contributed by atoms with Crippen molar-refractivity contribution in [1.82, 2.24) is 24.6 Å². The Hall–Kier alpha value is -3.22. The Morgan fingerprint density at radius 2 is 1.97 bits per heavy atom. The Morgan fingerprint density at radius 3 is 2.78 bits per heavy atom. The monoisotopic (exact) mass is 430 g/mol. The van der Waals surface area contributed by atoms with Crippen molar-refractivity contribution in [2.75, 3.05) is 24.5 Å². The third-order valence-corrected chi connectivity index (χ3v) is 6.49. The number of nitrogens with zero attached hydrogens (tertiary/aromatic N) is 6. The molecule has 7 nitrogen and oxygen atoms in total. The maximum Gasteiger partial charge on any atom is 0.227 e. The average molecular weight is 431 g/mol. The minimum absolute atomic E-state index is 0.0197. The Labute approximate surface area is 189 Å². The molecule has 0 bridgehead atoms. The molecule has 4 heterocycles. The van der Waals surface area contributed by atoms with Gasteiger partial charge in [-0.1, -0.05) is 29.8 Å². The number of carbonyl (C=O) groups is 1. The van der Waals surface area contributed by atoms with Crippen LogP contribution < -0.4 is 4.90 Å². The highest BCUT2D eigenvalue weighted by atomic mass is 16.2. The van der Waals surface area contributed by atoms with Gasteiger partial charge in [-0.05, 0) is 44.2 Å². The second-order valence-electron chi connectivity index (χ2n) is 8.95.